The van der Waals surface area contributed by atoms with Gasteiger partial charge >= 0.3 is 6.61 Å². The molecular formula is C20H23F2N3O5S. The number of benzene rings is 2. The average molecular weight is 455 g/mol. The van der Waals surface area contributed by atoms with Crippen LogP contribution in [-0.2, 0) is 10.0 Å². The molecule has 1 aliphatic rings. The number of carbonyl (C=O) groups excluding carboxylic acids is 1. The van der Waals surface area contributed by atoms with Crippen molar-refractivity contribution in [3.63, 3.8) is 0 Å². The molecule has 11 heteroatoms. The van der Waals surface area contributed by atoms with Gasteiger partial charge in [-0.3, -0.25) is 4.79 Å². The monoisotopic (exact) mass is 455 g/mol. The summed E-state index contributed by atoms with van der Waals surface area (Å²) in [5.74, 6) is -0.822. The van der Waals surface area contributed by atoms with Crippen molar-refractivity contribution in [2.24, 2.45) is 0 Å². The van der Waals surface area contributed by atoms with Gasteiger partial charge in [0.15, 0.2) is 0 Å². The molecule has 1 fully saturated rings. The molecule has 0 atom stereocenters. The van der Waals surface area contributed by atoms with Crippen molar-refractivity contribution in [1.29, 1.82) is 0 Å². The van der Waals surface area contributed by atoms with Crippen molar-refractivity contribution in [3.8, 4) is 11.5 Å². The van der Waals surface area contributed by atoms with Crippen molar-refractivity contribution < 1.29 is 31.5 Å². The largest absolute Gasteiger partial charge is 0.495 e. The van der Waals surface area contributed by atoms with Crippen LogP contribution in [0.5, 0.6) is 11.5 Å². The van der Waals surface area contributed by atoms with E-state index in [1.165, 1.54) is 53.9 Å². The van der Waals surface area contributed by atoms with Crippen molar-refractivity contribution in [3.05, 3.63) is 48.0 Å². The topological polar surface area (TPSA) is 88.2 Å². The Morgan fingerprint density at radius 2 is 1.74 bits per heavy atom. The van der Waals surface area contributed by atoms with E-state index in [2.05, 4.69) is 10.1 Å². The Kier molecular flexibility index (Phi) is 7.08. The van der Waals surface area contributed by atoms with Gasteiger partial charge in [0.2, 0.25) is 10.0 Å². The molecule has 1 saturated heterocycles. The van der Waals surface area contributed by atoms with E-state index in [9.17, 15) is 22.0 Å². The van der Waals surface area contributed by atoms with Crippen LogP contribution >= 0.6 is 0 Å². The van der Waals surface area contributed by atoms with Crippen molar-refractivity contribution in [2.45, 2.75) is 11.5 Å². The molecule has 0 saturated carbocycles. The lowest BCUT2D eigenvalue weighted by atomic mass is 10.2. The third kappa shape index (κ3) is 5.30. The summed E-state index contributed by atoms with van der Waals surface area (Å²) < 4.78 is 62.3. The molecular weight excluding hydrogens is 432 g/mol. The van der Waals surface area contributed by atoms with Gasteiger partial charge in [-0.1, -0.05) is 12.1 Å². The first-order valence-corrected chi connectivity index (χ1v) is 10.9. The smallest absolute Gasteiger partial charge is 0.387 e. The zero-order chi connectivity index (χ0) is 22.6. The molecule has 2 aromatic carbocycles. The number of ether oxygens (including phenoxy) is 2. The van der Waals surface area contributed by atoms with Crippen LogP contribution in [0.15, 0.2) is 47.4 Å². The second-order valence-electron chi connectivity index (χ2n) is 6.90. The van der Waals surface area contributed by atoms with Gasteiger partial charge in [-0.15, -0.1) is 0 Å². The number of alkyl halides is 2. The lowest BCUT2D eigenvalue weighted by Crippen LogP contribution is -2.47. The molecule has 3 rings (SSSR count). The van der Waals surface area contributed by atoms with Crippen LogP contribution in [0.2, 0.25) is 0 Å². The van der Waals surface area contributed by atoms with Crippen molar-refractivity contribution in [2.75, 3.05) is 45.7 Å². The highest BCUT2D eigenvalue weighted by molar-refractivity contribution is 7.89. The lowest BCUT2D eigenvalue weighted by Gasteiger charge is -2.31. The fourth-order valence-electron chi connectivity index (χ4n) is 3.17. The number of hydrogen-bond donors (Lipinski definition) is 1. The average Bonchev–Trinajstić information content (AvgIpc) is 2.74. The van der Waals surface area contributed by atoms with E-state index in [1.807, 2.05) is 11.9 Å². The number of halogens is 2. The van der Waals surface area contributed by atoms with E-state index < -0.39 is 22.5 Å². The van der Waals surface area contributed by atoms with Gasteiger partial charge in [0.05, 0.1) is 23.3 Å². The number of para-hydroxylation sites is 1. The summed E-state index contributed by atoms with van der Waals surface area (Å²) in [5, 5.41) is 2.53. The number of nitrogens with one attached hydrogen (secondary N) is 1. The minimum Gasteiger partial charge on any atom is -0.495 e. The summed E-state index contributed by atoms with van der Waals surface area (Å²) in [6.07, 6.45) is 0. The third-order valence-corrected chi connectivity index (χ3v) is 6.76. The summed E-state index contributed by atoms with van der Waals surface area (Å²) in [5.41, 5.74) is -0.0354. The van der Waals surface area contributed by atoms with Gasteiger partial charge in [-0.05, 0) is 37.4 Å². The molecule has 1 heterocycles. The number of rotatable bonds is 7. The highest BCUT2D eigenvalue weighted by Gasteiger charge is 2.28. The molecule has 0 aromatic heterocycles. The van der Waals surface area contributed by atoms with Gasteiger partial charge < -0.3 is 19.7 Å². The summed E-state index contributed by atoms with van der Waals surface area (Å²) in [7, 11) is -0.496. The number of carbonyl (C=O) groups is 1. The fraction of sp³-hybridized carbons (Fsp3) is 0.350. The minimum atomic E-state index is -3.78. The molecule has 2 aromatic rings. The van der Waals surface area contributed by atoms with E-state index in [1.54, 1.807) is 0 Å². The first-order chi connectivity index (χ1) is 14.7. The second-order valence-corrected chi connectivity index (χ2v) is 8.84. The highest BCUT2D eigenvalue weighted by atomic mass is 32.2. The summed E-state index contributed by atoms with van der Waals surface area (Å²) in [4.78, 5) is 14.7. The number of amides is 1. The maximum atomic E-state index is 13.0. The number of piperazine rings is 1. The van der Waals surface area contributed by atoms with E-state index in [0.717, 1.165) is 0 Å². The Balaban J connectivity index is 1.89. The quantitative estimate of drug-likeness (QED) is 0.690. The number of nitrogens with zero attached hydrogens (tertiary/aromatic N) is 2. The fourth-order valence-corrected chi connectivity index (χ4v) is 4.61. The Bertz CT molecular complexity index is 1040. The van der Waals surface area contributed by atoms with E-state index in [-0.39, 0.29) is 27.6 Å². The van der Waals surface area contributed by atoms with Crippen LogP contribution in [-0.4, -0.2) is 70.5 Å². The van der Waals surface area contributed by atoms with Gasteiger partial charge in [0.1, 0.15) is 11.5 Å². The van der Waals surface area contributed by atoms with Crippen molar-refractivity contribution in [1.82, 2.24) is 9.21 Å². The minimum absolute atomic E-state index is 0.00901. The van der Waals surface area contributed by atoms with E-state index in [4.69, 9.17) is 4.74 Å². The predicted octanol–water partition coefficient (Wildman–Crippen LogP) is 2.48. The first-order valence-electron chi connectivity index (χ1n) is 9.44. The number of likely N-dealkylation sites (N-methyl/N-ethyl adjacent to an activating group) is 1. The van der Waals surface area contributed by atoms with Crippen LogP contribution < -0.4 is 14.8 Å². The molecule has 8 nitrogen and oxygen atoms in total. The van der Waals surface area contributed by atoms with Gasteiger partial charge in [0, 0.05) is 26.2 Å². The molecule has 1 amide bonds. The number of anilines is 1. The highest BCUT2D eigenvalue weighted by Crippen LogP contribution is 2.30. The maximum Gasteiger partial charge on any atom is 0.387 e. The third-order valence-electron chi connectivity index (χ3n) is 4.87. The summed E-state index contributed by atoms with van der Waals surface area (Å²) in [6, 6.07) is 9.64. The molecule has 0 spiro atoms. The number of sulfonamides is 1. The van der Waals surface area contributed by atoms with Crippen molar-refractivity contribution >= 4 is 21.6 Å². The van der Waals surface area contributed by atoms with E-state index >= 15 is 0 Å². The predicted molar refractivity (Wildman–Crippen MR) is 110 cm³/mol. The Morgan fingerprint density at radius 1 is 1.06 bits per heavy atom. The second kappa shape index (κ2) is 9.58. The zero-order valence-electron chi connectivity index (χ0n) is 17.0. The molecule has 1 aliphatic heterocycles. The molecule has 1 N–H and O–H groups in total. The SMILES string of the molecule is COc1ccc(S(=O)(=O)N2CCN(C)CC2)cc1NC(=O)c1ccccc1OC(F)F. The van der Waals surface area contributed by atoms with Crippen LogP contribution in [0.25, 0.3) is 0 Å². The molecule has 31 heavy (non-hydrogen) atoms. The Labute approximate surface area is 179 Å². The molecule has 0 bridgehead atoms. The Hall–Kier alpha value is -2.76. The molecule has 168 valence electrons. The number of methoxy groups -OCH3 is 1. The molecule has 0 unspecified atom stereocenters. The van der Waals surface area contributed by atoms with Gasteiger partial charge in [-0.25, -0.2) is 8.42 Å². The molecule has 0 radical (unpaired) electrons. The normalized spacial score (nSPS) is 15.6. The van der Waals surface area contributed by atoms with Gasteiger partial charge in [0.25, 0.3) is 5.91 Å². The van der Waals surface area contributed by atoms with Gasteiger partial charge in [-0.2, -0.15) is 13.1 Å². The lowest BCUT2D eigenvalue weighted by molar-refractivity contribution is -0.0501. The van der Waals surface area contributed by atoms with Crippen LogP contribution in [0.1, 0.15) is 10.4 Å². The molecule has 0 aliphatic carbocycles. The Morgan fingerprint density at radius 3 is 2.39 bits per heavy atom. The van der Waals surface area contributed by atoms with Crippen LogP contribution in [0.3, 0.4) is 0 Å². The van der Waals surface area contributed by atoms with Crippen LogP contribution in [0.4, 0.5) is 14.5 Å². The summed E-state index contributed by atoms with van der Waals surface area (Å²) >= 11 is 0. The number of hydrogen-bond acceptors (Lipinski definition) is 6. The van der Waals surface area contributed by atoms with Crippen LogP contribution in [0, 0.1) is 0 Å². The standard InChI is InChI=1S/C20H23F2N3O5S/c1-24-9-11-25(12-10-24)31(27,28)14-7-8-18(29-2)16(13-14)23-19(26)15-5-3-4-6-17(15)30-20(21)22/h3-8,13,20H,9-12H2,1-2H3,(H,23,26). The zero-order valence-corrected chi connectivity index (χ0v) is 17.9. The van der Waals surface area contributed by atoms with E-state index in [0.29, 0.717) is 26.2 Å². The summed E-state index contributed by atoms with van der Waals surface area (Å²) in [6.45, 7) is -1.17. The maximum absolute atomic E-state index is 13.0. The first kappa shape index (κ1) is 22.9.